The van der Waals surface area contributed by atoms with Gasteiger partial charge in [0.2, 0.25) is 0 Å². The Morgan fingerprint density at radius 2 is 2.16 bits per heavy atom. The number of aromatic nitrogens is 2. The van der Waals surface area contributed by atoms with Crippen LogP contribution < -0.4 is 0 Å². The summed E-state index contributed by atoms with van der Waals surface area (Å²) in [6, 6.07) is 2.69. The number of nitrogens with zero attached hydrogens (tertiary/aromatic N) is 1. The first-order valence-electron chi connectivity index (χ1n) is 5.62. The van der Waals surface area contributed by atoms with Gasteiger partial charge in [-0.25, -0.2) is 12.8 Å². The van der Waals surface area contributed by atoms with Gasteiger partial charge in [0.25, 0.3) is 0 Å². The summed E-state index contributed by atoms with van der Waals surface area (Å²) in [5.74, 6) is -0.520. The minimum atomic E-state index is -3.10. The van der Waals surface area contributed by atoms with Crippen LogP contribution in [0, 0.1) is 10.6 Å². The van der Waals surface area contributed by atoms with Crippen molar-refractivity contribution in [2.75, 3.05) is 11.5 Å². The highest BCUT2D eigenvalue weighted by molar-refractivity contribution is 7.91. The van der Waals surface area contributed by atoms with E-state index < -0.39 is 15.7 Å². The Balaban J connectivity index is 2.46. The molecule has 2 aromatic rings. The Labute approximate surface area is 120 Å². The van der Waals surface area contributed by atoms with Gasteiger partial charge in [0.1, 0.15) is 5.82 Å². The van der Waals surface area contributed by atoms with Crippen LogP contribution in [0.3, 0.4) is 0 Å². The number of H-pyrrole nitrogens is 1. The molecular formula is C11H12ClFN2O2S2. The Morgan fingerprint density at radius 3 is 2.79 bits per heavy atom. The summed E-state index contributed by atoms with van der Waals surface area (Å²) in [7, 11) is -3.10. The molecule has 4 nitrogen and oxygen atoms in total. The molecule has 0 atom stereocenters. The summed E-state index contributed by atoms with van der Waals surface area (Å²) in [5.41, 5.74) is 1.10. The fraction of sp³-hybridized carbons (Fsp3) is 0.364. The van der Waals surface area contributed by atoms with Gasteiger partial charge in [-0.3, -0.25) is 0 Å². The Morgan fingerprint density at radius 1 is 1.47 bits per heavy atom. The highest BCUT2D eigenvalue weighted by atomic mass is 35.5. The number of imidazole rings is 1. The van der Waals surface area contributed by atoms with Crippen molar-refractivity contribution in [3.63, 3.8) is 0 Å². The molecule has 8 heteroatoms. The third-order valence-corrected chi connectivity index (χ3v) is 5.18. The lowest BCUT2D eigenvalue weighted by molar-refractivity contribution is 0.590. The highest BCUT2D eigenvalue weighted by Crippen LogP contribution is 2.22. The summed E-state index contributed by atoms with van der Waals surface area (Å²) < 4.78 is 38.4. The van der Waals surface area contributed by atoms with E-state index in [0.717, 1.165) is 0 Å². The van der Waals surface area contributed by atoms with Crippen LogP contribution >= 0.6 is 23.8 Å². The van der Waals surface area contributed by atoms with Crippen LogP contribution in [0.4, 0.5) is 4.39 Å². The molecule has 0 bridgehead atoms. The molecule has 0 saturated carbocycles. The number of sulfone groups is 1. The second kappa shape index (κ2) is 5.22. The van der Waals surface area contributed by atoms with Crippen LogP contribution in [0.1, 0.15) is 6.92 Å². The van der Waals surface area contributed by atoms with Crippen molar-refractivity contribution in [1.82, 2.24) is 9.55 Å². The van der Waals surface area contributed by atoms with E-state index in [1.807, 2.05) is 0 Å². The zero-order valence-corrected chi connectivity index (χ0v) is 12.5. The van der Waals surface area contributed by atoms with Gasteiger partial charge in [0.15, 0.2) is 14.6 Å². The number of fused-ring (bicyclic) bond motifs is 1. The third kappa shape index (κ3) is 2.98. The third-order valence-electron chi connectivity index (χ3n) is 2.88. The average molecular weight is 323 g/mol. The maximum atomic E-state index is 13.5. The molecule has 2 rings (SSSR count). The molecule has 0 aliphatic heterocycles. The first-order valence-corrected chi connectivity index (χ1v) is 8.23. The maximum Gasteiger partial charge on any atom is 0.178 e. The number of benzene rings is 1. The lowest BCUT2D eigenvalue weighted by Crippen LogP contribution is -2.14. The number of aromatic amines is 1. The van der Waals surface area contributed by atoms with Crippen LogP contribution in [0.25, 0.3) is 11.0 Å². The van der Waals surface area contributed by atoms with E-state index in [0.29, 0.717) is 15.8 Å². The molecule has 0 spiro atoms. The summed E-state index contributed by atoms with van der Waals surface area (Å²) >= 11 is 10.8. The predicted octanol–water partition coefficient (Wildman–Crippen LogP) is 2.93. The van der Waals surface area contributed by atoms with Crippen LogP contribution in [0.2, 0.25) is 5.02 Å². The second-order valence-electron chi connectivity index (χ2n) is 4.10. The molecule has 19 heavy (non-hydrogen) atoms. The van der Waals surface area contributed by atoms with Gasteiger partial charge in [-0.15, -0.1) is 0 Å². The van der Waals surface area contributed by atoms with E-state index in [1.165, 1.54) is 12.1 Å². The zero-order chi connectivity index (χ0) is 14.2. The van der Waals surface area contributed by atoms with Crippen LogP contribution in [0.5, 0.6) is 0 Å². The monoisotopic (exact) mass is 322 g/mol. The van der Waals surface area contributed by atoms with Gasteiger partial charge < -0.3 is 9.55 Å². The lowest BCUT2D eigenvalue weighted by atomic mass is 10.3. The van der Waals surface area contributed by atoms with Gasteiger partial charge in [-0.1, -0.05) is 18.5 Å². The van der Waals surface area contributed by atoms with Crippen molar-refractivity contribution >= 4 is 44.7 Å². The molecule has 1 N–H and O–H groups in total. The Kier molecular flexibility index (Phi) is 3.98. The molecule has 0 fully saturated rings. The number of rotatable bonds is 4. The summed E-state index contributed by atoms with van der Waals surface area (Å²) in [4.78, 5) is 2.88. The van der Waals surface area contributed by atoms with Crippen molar-refractivity contribution < 1.29 is 12.8 Å². The summed E-state index contributed by atoms with van der Waals surface area (Å²) in [6.45, 7) is 1.78. The Bertz CT molecular complexity index is 780. The molecule has 0 amide bonds. The SMILES string of the molecule is CCS(=O)(=O)CCn1c(=S)[nH]c2cc(Cl)c(F)cc21. The number of aryl methyl sites for hydroxylation is 1. The molecule has 1 aromatic heterocycles. The molecule has 1 heterocycles. The molecule has 0 unspecified atom stereocenters. The van der Waals surface area contributed by atoms with Crippen molar-refractivity contribution in [3.8, 4) is 0 Å². The second-order valence-corrected chi connectivity index (χ2v) is 7.37. The standard InChI is InChI=1S/C11H12ClFN2O2S2/c1-2-19(16,17)4-3-15-10-6-8(13)7(12)5-9(10)14-11(15)18/h5-6H,2-4H2,1H3,(H,14,18). The predicted molar refractivity (Wildman–Crippen MR) is 76.4 cm³/mol. The zero-order valence-electron chi connectivity index (χ0n) is 10.1. The van der Waals surface area contributed by atoms with E-state index in [4.69, 9.17) is 23.8 Å². The van der Waals surface area contributed by atoms with Crippen molar-refractivity contribution in [2.24, 2.45) is 0 Å². The molecule has 0 saturated heterocycles. The summed E-state index contributed by atoms with van der Waals surface area (Å²) in [6.07, 6.45) is 0. The molecule has 1 aromatic carbocycles. The highest BCUT2D eigenvalue weighted by Gasteiger charge is 2.12. The van der Waals surface area contributed by atoms with E-state index in [1.54, 1.807) is 11.5 Å². The lowest BCUT2D eigenvalue weighted by Gasteiger charge is -2.05. The minimum absolute atomic E-state index is 0.00270. The molecule has 0 aliphatic carbocycles. The topological polar surface area (TPSA) is 54.9 Å². The fourth-order valence-corrected chi connectivity index (χ4v) is 2.96. The first-order chi connectivity index (χ1) is 8.84. The quantitative estimate of drug-likeness (QED) is 0.881. The largest absolute Gasteiger partial charge is 0.331 e. The summed E-state index contributed by atoms with van der Waals surface area (Å²) in [5, 5.41) is -0.00270. The first kappa shape index (κ1) is 14.5. The van der Waals surface area contributed by atoms with Gasteiger partial charge in [-0.2, -0.15) is 0 Å². The maximum absolute atomic E-state index is 13.5. The fourth-order valence-electron chi connectivity index (χ4n) is 1.75. The minimum Gasteiger partial charge on any atom is -0.331 e. The number of halogens is 2. The smallest absolute Gasteiger partial charge is 0.178 e. The van der Waals surface area contributed by atoms with Gasteiger partial charge >= 0.3 is 0 Å². The van der Waals surface area contributed by atoms with E-state index in [-0.39, 0.29) is 23.1 Å². The average Bonchev–Trinajstić information content (AvgIpc) is 2.63. The van der Waals surface area contributed by atoms with E-state index in [9.17, 15) is 12.8 Å². The van der Waals surface area contributed by atoms with Gasteiger partial charge in [-0.05, 0) is 18.3 Å². The van der Waals surface area contributed by atoms with Crippen LogP contribution in [-0.4, -0.2) is 29.5 Å². The van der Waals surface area contributed by atoms with Crippen molar-refractivity contribution in [2.45, 2.75) is 13.5 Å². The molecule has 0 radical (unpaired) electrons. The molecule has 104 valence electrons. The van der Waals surface area contributed by atoms with Crippen LogP contribution in [-0.2, 0) is 16.4 Å². The van der Waals surface area contributed by atoms with Crippen molar-refractivity contribution in [1.29, 1.82) is 0 Å². The van der Waals surface area contributed by atoms with Crippen LogP contribution in [0.15, 0.2) is 12.1 Å². The number of hydrogen-bond donors (Lipinski definition) is 1. The Hall–Kier alpha value is -0.920. The normalized spacial score (nSPS) is 12.2. The van der Waals surface area contributed by atoms with Gasteiger partial charge in [0.05, 0.1) is 21.8 Å². The van der Waals surface area contributed by atoms with E-state index >= 15 is 0 Å². The van der Waals surface area contributed by atoms with E-state index in [2.05, 4.69) is 4.98 Å². The molecule has 0 aliphatic rings. The number of hydrogen-bond acceptors (Lipinski definition) is 3. The van der Waals surface area contributed by atoms with Crippen molar-refractivity contribution in [3.05, 3.63) is 27.7 Å². The number of nitrogens with one attached hydrogen (secondary N) is 1. The molecular weight excluding hydrogens is 311 g/mol. The van der Waals surface area contributed by atoms with Gasteiger partial charge in [0, 0.05) is 18.4 Å².